The van der Waals surface area contributed by atoms with E-state index in [0.717, 1.165) is 5.56 Å². The number of furan rings is 1. The predicted octanol–water partition coefficient (Wildman–Crippen LogP) is 4.76. The van der Waals surface area contributed by atoms with Crippen molar-refractivity contribution in [1.29, 1.82) is 0 Å². The van der Waals surface area contributed by atoms with Crippen LogP contribution >= 0.6 is 11.6 Å². The van der Waals surface area contributed by atoms with Gasteiger partial charge < -0.3 is 9.15 Å². The number of aromatic nitrogens is 3. The number of carbonyl (C=O) groups excluding carboxylic acids is 1. The molecule has 1 amide bonds. The van der Waals surface area contributed by atoms with Crippen molar-refractivity contribution in [1.82, 2.24) is 14.8 Å². The Kier molecular flexibility index (Phi) is 6.55. The molecule has 0 atom stereocenters. The molecule has 0 radical (unpaired) electrons. The first-order valence-corrected chi connectivity index (χ1v) is 10.3. The molecule has 4 aromatic rings. The van der Waals surface area contributed by atoms with Crippen molar-refractivity contribution < 1.29 is 23.3 Å². The van der Waals surface area contributed by atoms with Crippen LogP contribution in [0, 0.1) is 22.9 Å². The Labute approximate surface area is 197 Å². The zero-order valence-corrected chi connectivity index (χ0v) is 18.5. The van der Waals surface area contributed by atoms with Crippen LogP contribution in [0.1, 0.15) is 27.4 Å². The minimum absolute atomic E-state index is 0.0121. The van der Waals surface area contributed by atoms with Crippen molar-refractivity contribution in [3.05, 3.63) is 98.5 Å². The van der Waals surface area contributed by atoms with Crippen LogP contribution in [-0.4, -0.2) is 25.6 Å². The molecule has 34 heavy (non-hydrogen) atoms. The van der Waals surface area contributed by atoms with Crippen molar-refractivity contribution in [2.75, 3.05) is 5.32 Å². The van der Waals surface area contributed by atoms with Crippen LogP contribution in [0.3, 0.4) is 0 Å². The highest BCUT2D eigenvalue weighted by Gasteiger charge is 2.18. The second kappa shape index (κ2) is 9.71. The van der Waals surface area contributed by atoms with Gasteiger partial charge in [0.15, 0.2) is 11.5 Å². The molecular formula is C22H17ClFN5O5. The minimum Gasteiger partial charge on any atom is -0.479 e. The molecule has 10 nitrogen and oxygen atoms in total. The van der Waals surface area contributed by atoms with Crippen molar-refractivity contribution in [3.63, 3.8) is 0 Å². The van der Waals surface area contributed by atoms with Gasteiger partial charge in [-0.25, -0.2) is 14.1 Å². The van der Waals surface area contributed by atoms with Crippen molar-refractivity contribution >= 4 is 29.1 Å². The number of ether oxygens (including phenoxy) is 1. The average Bonchev–Trinajstić information content (AvgIpc) is 3.45. The third-order valence-corrected chi connectivity index (χ3v) is 5.06. The number of nitro benzene ring substituents is 1. The summed E-state index contributed by atoms with van der Waals surface area (Å²) in [5.74, 6) is -0.771. The number of carbonyl (C=O) groups is 1. The molecule has 1 N–H and O–H groups in total. The summed E-state index contributed by atoms with van der Waals surface area (Å²) < 4.78 is 26.2. The summed E-state index contributed by atoms with van der Waals surface area (Å²) in [6.45, 7) is 1.65. The summed E-state index contributed by atoms with van der Waals surface area (Å²) in [6, 6.07) is 11.9. The molecule has 2 heterocycles. The number of benzene rings is 2. The third kappa shape index (κ3) is 5.21. The van der Waals surface area contributed by atoms with Crippen LogP contribution in [-0.2, 0) is 13.2 Å². The minimum atomic E-state index is -0.616. The summed E-state index contributed by atoms with van der Waals surface area (Å²) >= 11 is 6.02. The molecule has 0 saturated heterocycles. The number of halogens is 2. The summed E-state index contributed by atoms with van der Waals surface area (Å²) in [6.07, 6.45) is 1.33. The maximum absolute atomic E-state index is 14.0. The van der Waals surface area contributed by atoms with Crippen LogP contribution in [0.2, 0.25) is 5.02 Å². The summed E-state index contributed by atoms with van der Waals surface area (Å²) in [4.78, 5) is 27.1. The van der Waals surface area contributed by atoms with Gasteiger partial charge in [0.25, 0.3) is 5.91 Å². The van der Waals surface area contributed by atoms with Gasteiger partial charge >= 0.3 is 5.69 Å². The van der Waals surface area contributed by atoms with Crippen LogP contribution in [0.15, 0.2) is 59.3 Å². The largest absolute Gasteiger partial charge is 0.479 e. The van der Waals surface area contributed by atoms with E-state index >= 15 is 0 Å². The van der Waals surface area contributed by atoms with E-state index in [2.05, 4.69) is 15.4 Å². The lowest BCUT2D eigenvalue weighted by Crippen LogP contribution is -2.13. The predicted molar refractivity (Wildman–Crippen MR) is 119 cm³/mol. The number of nitrogens with one attached hydrogen (secondary N) is 1. The van der Waals surface area contributed by atoms with Gasteiger partial charge in [-0.3, -0.25) is 20.2 Å². The number of hydrogen-bond donors (Lipinski definition) is 1. The zero-order chi connectivity index (χ0) is 24.2. The van der Waals surface area contributed by atoms with Crippen LogP contribution in [0.4, 0.5) is 16.0 Å². The van der Waals surface area contributed by atoms with Crippen molar-refractivity contribution in [2.24, 2.45) is 0 Å². The molecule has 174 valence electrons. The number of aryl methyl sites for hydroxylation is 1. The van der Waals surface area contributed by atoms with E-state index in [0.29, 0.717) is 0 Å². The number of amides is 1. The number of anilines is 1. The molecule has 0 saturated carbocycles. The Morgan fingerprint density at radius 1 is 1.29 bits per heavy atom. The monoisotopic (exact) mass is 485 g/mol. The Morgan fingerprint density at radius 2 is 2.12 bits per heavy atom. The molecule has 4 rings (SSSR count). The van der Waals surface area contributed by atoms with E-state index in [1.165, 1.54) is 47.4 Å². The van der Waals surface area contributed by atoms with Crippen molar-refractivity contribution in [2.45, 2.75) is 20.1 Å². The summed E-state index contributed by atoms with van der Waals surface area (Å²) in [7, 11) is 0. The lowest BCUT2D eigenvalue weighted by Gasteiger charge is -2.06. The number of rotatable bonds is 8. The molecule has 0 bridgehead atoms. The van der Waals surface area contributed by atoms with E-state index in [1.54, 1.807) is 19.1 Å². The van der Waals surface area contributed by atoms with Gasteiger partial charge in [0, 0.05) is 16.7 Å². The molecule has 0 aliphatic heterocycles. The standard InChI is InChI=1S/C22H17ClFN5O5/c1-13-5-7-19(18(9-13)29(31)32)33-11-14-6-8-20(34-14)21(30)26-22-25-12-28(27-22)10-15-16(23)3-2-4-17(15)24/h2-9,12H,10-11H2,1H3,(H,26,27,30). The van der Waals surface area contributed by atoms with E-state index in [4.69, 9.17) is 20.8 Å². The second-order valence-electron chi connectivity index (χ2n) is 7.20. The molecule has 0 spiro atoms. The fraction of sp³-hybridized carbons (Fsp3) is 0.136. The van der Waals surface area contributed by atoms with E-state index in [1.807, 2.05) is 0 Å². The van der Waals surface area contributed by atoms with Gasteiger partial charge in [0.1, 0.15) is 24.5 Å². The highest BCUT2D eigenvalue weighted by atomic mass is 35.5. The molecule has 2 aromatic heterocycles. The number of hydrogen-bond acceptors (Lipinski definition) is 7. The Morgan fingerprint density at radius 3 is 2.88 bits per heavy atom. The second-order valence-corrected chi connectivity index (χ2v) is 7.61. The highest BCUT2D eigenvalue weighted by molar-refractivity contribution is 6.31. The first-order chi connectivity index (χ1) is 16.3. The molecule has 0 fully saturated rings. The topological polar surface area (TPSA) is 125 Å². The van der Waals surface area contributed by atoms with Crippen molar-refractivity contribution in [3.8, 4) is 5.75 Å². The average molecular weight is 486 g/mol. The molecular weight excluding hydrogens is 469 g/mol. The maximum Gasteiger partial charge on any atom is 0.311 e. The van der Waals surface area contributed by atoms with E-state index in [-0.39, 0.29) is 52.6 Å². The van der Waals surface area contributed by atoms with Gasteiger partial charge in [-0.15, -0.1) is 5.10 Å². The van der Waals surface area contributed by atoms with Gasteiger partial charge in [-0.2, -0.15) is 0 Å². The summed E-state index contributed by atoms with van der Waals surface area (Å²) in [5, 5.41) is 18.0. The molecule has 0 unspecified atom stereocenters. The zero-order valence-electron chi connectivity index (χ0n) is 17.7. The SMILES string of the molecule is Cc1ccc(OCc2ccc(C(=O)Nc3ncn(Cc4c(F)cccc4Cl)n3)o2)c([N+](=O)[O-])c1. The van der Waals surface area contributed by atoms with Gasteiger partial charge in [0.2, 0.25) is 5.95 Å². The van der Waals surface area contributed by atoms with E-state index < -0.39 is 16.6 Å². The molecule has 0 aliphatic carbocycles. The Balaban J connectivity index is 1.38. The fourth-order valence-electron chi connectivity index (χ4n) is 3.06. The lowest BCUT2D eigenvalue weighted by molar-refractivity contribution is -0.386. The highest BCUT2D eigenvalue weighted by Crippen LogP contribution is 2.28. The maximum atomic E-state index is 14.0. The van der Waals surface area contributed by atoms with Gasteiger partial charge in [-0.1, -0.05) is 23.7 Å². The van der Waals surface area contributed by atoms with Gasteiger partial charge in [0.05, 0.1) is 11.5 Å². The first-order valence-electron chi connectivity index (χ1n) is 9.90. The van der Waals surface area contributed by atoms with Crippen LogP contribution in [0.25, 0.3) is 0 Å². The quantitative estimate of drug-likeness (QED) is 0.281. The normalized spacial score (nSPS) is 10.8. The molecule has 0 aliphatic rings. The first kappa shape index (κ1) is 22.9. The third-order valence-electron chi connectivity index (χ3n) is 4.71. The lowest BCUT2D eigenvalue weighted by atomic mass is 10.2. The smallest absolute Gasteiger partial charge is 0.311 e. The van der Waals surface area contributed by atoms with Crippen LogP contribution in [0.5, 0.6) is 5.75 Å². The Hall–Kier alpha value is -4.25. The number of nitrogens with zero attached hydrogens (tertiary/aromatic N) is 4. The Bertz CT molecular complexity index is 1350. The molecule has 12 heteroatoms. The fourth-order valence-corrected chi connectivity index (χ4v) is 3.28. The number of nitro groups is 1. The van der Waals surface area contributed by atoms with E-state index in [9.17, 15) is 19.3 Å². The van der Waals surface area contributed by atoms with Gasteiger partial charge in [-0.05, 0) is 42.8 Å². The molecule has 2 aromatic carbocycles. The van der Waals surface area contributed by atoms with Crippen LogP contribution < -0.4 is 10.1 Å². The summed E-state index contributed by atoms with van der Waals surface area (Å²) in [5.41, 5.74) is 0.809.